The van der Waals surface area contributed by atoms with E-state index in [-0.39, 0.29) is 29.4 Å². The van der Waals surface area contributed by atoms with Crippen molar-refractivity contribution in [3.63, 3.8) is 0 Å². The molecule has 3 atom stereocenters. The van der Waals surface area contributed by atoms with Gasteiger partial charge in [-0.05, 0) is 41.0 Å². The molecule has 2 aliphatic heterocycles. The van der Waals surface area contributed by atoms with Gasteiger partial charge >= 0.3 is 0 Å². The number of hydrogen-bond donors (Lipinski definition) is 2. The summed E-state index contributed by atoms with van der Waals surface area (Å²) in [5, 5.41) is 7.05. The highest BCUT2D eigenvalue weighted by Gasteiger charge is 2.29. The Balaban J connectivity index is 1.64. The molecule has 2 rings (SSSR count). The van der Waals surface area contributed by atoms with Crippen LogP contribution in [0.1, 0.15) is 41.0 Å². The molecule has 0 aromatic carbocycles. The van der Waals surface area contributed by atoms with E-state index in [0.717, 1.165) is 19.5 Å². The third-order valence-electron chi connectivity index (χ3n) is 4.33. The van der Waals surface area contributed by atoms with Gasteiger partial charge in [0.2, 0.25) is 0 Å². The molecule has 142 valence electrons. The van der Waals surface area contributed by atoms with Gasteiger partial charge in [-0.2, -0.15) is 0 Å². The maximum absolute atomic E-state index is 6.02. The summed E-state index contributed by atoms with van der Waals surface area (Å²) in [6.07, 6.45) is 1.35. The normalized spacial score (nSPS) is 29.6. The molecule has 2 N–H and O–H groups in total. The average molecular weight is 344 g/mol. The van der Waals surface area contributed by atoms with Gasteiger partial charge in [0.15, 0.2) is 0 Å². The molecule has 0 radical (unpaired) electrons. The second-order valence-electron chi connectivity index (χ2n) is 8.58. The molecule has 0 spiro atoms. The quantitative estimate of drug-likeness (QED) is 0.727. The Morgan fingerprint density at radius 2 is 1.38 bits per heavy atom. The fraction of sp³-hybridized carbons (Fsp3) is 1.00. The molecular weight excluding hydrogens is 308 g/mol. The molecule has 0 saturated carbocycles. The van der Waals surface area contributed by atoms with Gasteiger partial charge in [-0.1, -0.05) is 0 Å². The van der Waals surface area contributed by atoms with E-state index in [1.807, 2.05) is 0 Å². The maximum Gasteiger partial charge on any atom is 0.0934 e. The van der Waals surface area contributed by atoms with Crippen molar-refractivity contribution < 1.29 is 18.9 Å². The van der Waals surface area contributed by atoms with Gasteiger partial charge in [0.1, 0.15) is 0 Å². The van der Waals surface area contributed by atoms with Gasteiger partial charge in [-0.15, -0.1) is 0 Å². The molecule has 0 bridgehead atoms. The van der Waals surface area contributed by atoms with Crippen LogP contribution in [0.2, 0.25) is 0 Å². The van der Waals surface area contributed by atoms with Crippen molar-refractivity contribution in [1.82, 2.24) is 10.6 Å². The van der Waals surface area contributed by atoms with Crippen LogP contribution >= 0.6 is 0 Å². The largest absolute Gasteiger partial charge is 0.376 e. The zero-order valence-corrected chi connectivity index (χ0v) is 16.0. The topological polar surface area (TPSA) is 61.0 Å². The molecule has 1 unspecified atom stereocenters. The lowest BCUT2D eigenvalue weighted by atomic mass is 9.96. The summed E-state index contributed by atoms with van der Waals surface area (Å²) in [7, 11) is 0. The van der Waals surface area contributed by atoms with Crippen molar-refractivity contribution in [2.45, 2.75) is 70.4 Å². The van der Waals surface area contributed by atoms with E-state index in [2.05, 4.69) is 45.3 Å². The Labute approximate surface area is 146 Å². The summed E-state index contributed by atoms with van der Waals surface area (Å²) in [5.74, 6) is 0. The first-order valence-corrected chi connectivity index (χ1v) is 9.16. The van der Waals surface area contributed by atoms with Crippen LogP contribution in [0.15, 0.2) is 0 Å². The lowest BCUT2D eigenvalue weighted by Crippen LogP contribution is -2.51. The fourth-order valence-corrected chi connectivity index (χ4v) is 2.92. The lowest BCUT2D eigenvalue weighted by Gasteiger charge is -2.37. The Bertz CT molecular complexity index is 357. The molecule has 0 aromatic rings. The van der Waals surface area contributed by atoms with E-state index in [4.69, 9.17) is 18.9 Å². The minimum absolute atomic E-state index is 0.0225. The van der Waals surface area contributed by atoms with E-state index in [1.54, 1.807) is 0 Å². The van der Waals surface area contributed by atoms with Crippen LogP contribution in [0, 0.1) is 0 Å². The third kappa shape index (κ3) is 7.76. The van der Waals surface area contributed by atoms with Crippen molar-refractivity contribution in [3.8, 4) is 0 Å². The Morgan fingerprint density at radius 1 is 0.750 bits per heavy atom. The zero-order chi connectivity index (χ0) is 17.6. The monoisotopic (exact) mass is 344 g/mol. The van der Waals surface area contributed by atoms with Crippen LogP contribution in [0.3, 0.4) is 0 Å². The van der Waals surface area contributed by atoms with Crippen LogP contribution in [-0.2, 0) is 18.9 Å². The first kappa shape index (κ1) is 20.1. The van der Waals surface area contributed by atoms with E-state index >= 15 is 0 Å². The molecule has 6 heteroatoms. The van der Waals surface area contributed by atoms with Gasteiger partial charge in [-0.3, -0.25) is 0 Å². The summed E-state index contributed by atoms with van der Waals surface area (Å²) in [4.78, 5) is 0. The predicted octanol–water partition coefficient (Wildman–Crippen LogP) is 1.33. The van der Waals surface area contributed by atoms with Crippen LogP contribution in [0.25, 0.3) is 0 Å². The molecule has 6 nitrogen and oxygen atoms in total. The van der Waals surface area contributed by atoms with Crippen LogP contribution in [0.5, 0.6) is 0 Å². The molecule has 0 aliphatic carbocycles. The highest BCUT2D eigenvalue weighted by atomic mass is 16.6. The number of ether oxygens (including phenoxy) is 4. The summed E-state index contributed by atoms with van der Waals surface area (Å²) in [6, 6.07) is 0. The van der Waals surface area contributed by atoms with Crippen LogP contribution < -0.4 is 10.6 Å². The fourth-order valence-electron chi connectivity index (χ4n) is 2.92. The minimum Gasteiger partial charge on any atom is -0.376 e. The predicted molar refractivity (Wildman–Crippen MR) is 94.5 cm³/mol. The van der Waals surface area contributed by atoms with Gasteiger partial charge < -0.3 is 29.6 Å². The molecule has 2 saturated heterocycles. The lowest BCUT2D eigenvalue weighted by molar-refractivity contribution is -0.140. The van der Waals surface area contributed by atoms with Gasteiger partial charge in [-0.25, -0.2) is 0 Å². The zero-order valence-electron chi connectivity index (χ0n) is 16.0. The summed E-state index contributed by atoms with van der Waals surface area (Å²) in [6.45, 7) is 15.9. The molecule has 0 aromatic heterocycles. The van der Waals surface area contributed by atoms with Gasteiger partial charge in [0.05, 0.1) is 51.3 Å². The van der Waals surface area contributed by atoms with Gasteiger partial charge in [0.25, 0.3) is 0 Å². The molecular formula is C18H36N2O4. The summed E-state index contributed by atoms with van der Waals surface area (Å²) in [5.41, 5.74) is 0.0857. The SMILES string of the molecule is CC(C)(C)NC[C@H]1COC(CC(C)(C)NC[C@@H]2COCCO2)CO1. The summed E-state index contributed by atoms with van der Waals surface area (Å²) < 4.78 is 23.1. The second-order valence-corrected chi connectivity index (χ2v) is 8.58. The molecule has 0 amide bonds. The first-order chi connectivity index (χ1) is 11.2. The van der Waals surface area contributed by atoms with Crippen LogP contribution in [0.4, 0.5) is 0 Å². The Kier molecular flexibility index (Phi) is 7.46. The van der Waals surface area contributed by atoms with Crippen molar-refractivity contribution in [2.24, 2.45) is 0 Å². The van der Waals surface area contributed by atoms with E-state index < -0.39 is 0 Å². The number of nitrogens with one attached hydrogen (secondary N) is 2. The van der Waals surface area contributed by atoms with Crippen molar-refractivity contribution in [3.05, 3.63) is 0 Å². The smallest absolute Gasteiger partial charge is 0.0934 e. The van der Waals surface area contributed by atoms with Crippen molar-refractivity contribution >= 4 is 0 Å². The highest BCUT2D eigenvalue weighted by Crippen LogP contribution is 2.19. The van der Waals surface area contributed by atoms with Crippen LogP contribution in [-0.4, -0.2) is 75.5 Å². The average Bonchev–Trinajstić information content (AvgIpc) is 2.52. The first-order valence-electron chi connectivity index (χ1n) is 9.16. The minimum atomic E-state index is -0.0225. The number of rotatable bonds is 7. The molecule has 2 fully saturated rings. The van der Waals surface area contributed by atoms with Crippen molar-refractivity contribution in [1.29, 1.82) is 0 Å². The molecule has 2 heterocycles. The standard InChI is InChI=1S/C18H36N2O4/c1-17(2,3)19-9-16-13-23-14(12-24-16)8-18(4,5)20-10-15-11-21-6-7-22-15/h14-16,19-20H,6-13H2,1-5H3/t14?,15-,16+/m1/s1. The second kappa shape index (κ2) is 8.92. The van der Waals surface area contributed by atoms with E-state index in [9.17, 15) is 0 Å². The van der Waals surface area contributed by atoms with E-state index in [0.29, 0.717) is 33.0 Å². The third-order valence-corrected chi connectivity index (χ3v) is 4.33. The maximum atomic E-state index is 6.02. The summed E-state index contributed by atoms with van der Waals surface area (Å²) >= 11 is 0. The Morgan fingerprint density at radius 3 is 1.96 bits per heavy atom. The van der Waals surface area contributed by atoms with Gasteiger partial charge in [0, 0.05) is 24.2 Å². The highest BCUT2D eigenvalue weighted by molar-refractivity contribution is 4.85. The molecule has 2 aliphatic rings. The number of hydrogen-bond acceptors (Lipinski definition) is 6. The molecule has 24 heavy (non-hydrogen) atoms. The van der Waals surface area contributed by atoms with E-state index in [1.165, 1.54) is 0 Å². The van der Waals surface area contributed by atoms with Crippen molar-refractivity contribution in [2.75, 3.05) is 46.1 Å². The Hall–Kier alpha value is -0.240.